The highest BCUT2D eigenvalue weighted by atomic mass is 16.5. The van der Waals surface area contributed by atoms with Crippen LogP contribution in [0.15, 0.2) is 48.5 Å². The Morgan fingerprint density at radius 1 is 1.10 bits per heavy atom. The van der Waals surface area contributed by atoms with E-state index in [0.29, 0.717) is 18.2 Å². The first-order valence-corrected chi connectivity index (χ1v) is 10.4. The van der Waals surface area contributed by atoms with E-state index in [2.05, 4.69) is 27.7 Å². The average molecular weight is 396 g/mol. The van der Waals surface area contributed by atoms with Crippen LogP contribution in [0.25, 0.3) is 0 Å². The van der Waals surface area contributed by atoms with Crippen LogP contribution in [0.3, 0.4) is 0 Å². The molecule has 0 unspecified atom stereocenters. The van der Waals surface area contributed by atoms with E-state index in [0.717, 1.165) is 44.8 Å². The molecule has 154 valence electrons. The molecule has 0 aliphatic carbocycles. The number of benzene rings is 2. The quantitative estimate of drug-likeness (QED) is 0.671. The lowest BCUT2D eigenvalue weighted by Gasteiger charge is -2.24. The second-order valence-corrected chi connectivity index (χ2v) is 7.91. The Morgan fingerprint density at radius 3 is 2.55 bits per heavy atom. The topological polar surface area (TPSA) is 73.8 Å². The SMILES string of the molecule is O=C(NC[C@@H](O)CN1Cc2ccccc2C1)c1cccc(NC2CCOCC2)c1. The number of aliphatic hydroxyl groups is 1. The molecule has 0 radical (unpaired) electrons. The van der Waals surface area contributed by atoms with Gasteiger partial charge in [-0.3, -0.25) is 9.69 Å². The van der Waals surface area contributed by atoms with Gasteiger partial charge in [0.1, 0.15) is 0 Å². The van der Waals surface area contributed by atoms with Crippen LogP contribution in [0.2, 0.25) is 0 Å². The minimum absolute atomic E-state index is 0.163. The third-order valence-corrected chi connectivity index (χ3v) is 5.59. The minimum atomic E-state index is -0.600. The number of anilines is 1. The molecule has 2 aromatic carbocycles. The minimum Gasteiger partial charge on any atom is -0.390 e. The smallest absolute Gasteiger partial charge is 0.251 e. The normalized spacial score (nSPS) is 18.2. The molecule has 4 rings (SSSR count). The lowest BCUT2D eigenvalue weighted by atomic mass is 10.1. The number of nitrogens with zero attached hydrogens (tertiary/aromatic N) is 1. The van der Waals surface area contributed by atoms with Gasteiger partial charge < -0.3 is 20.5 Å². The van der Waals surface area contributed by atoms with E-state index in [1.807, 2.05) is 30.3 Å². The van der Waals surface area contributed by atoms with E-state index in [1.165, 1.54) is 11.1 Å². The maximum absolute atomic E-state index is 12.5. The number of β-amino-alcohol motifs (C(OH)–C–C–N with tert-alkyl or cyclic N) is 1. The molecular formula is C23H29N3O3. The predicted octanol–water partition coefficient (Wildman–Crippen LogP) is 2.38. The van der Waals surface area contributed by atoms with Gasteiger partial charge in [-0.05, 0) is 42.2 Å². The molecule has 2 aliphatic rings. The summed E-state index contributed by atoms with van der Waals surface area (Å²) in [6.45, 7) is 4.03. The first-order chi connectivity index (χ1) is 14.2. The van der Waals surface area contributed by atoms with Crippen molar-refractivity contribution in [1.29, 1.82) is 0 Å². The average Bonchev–Trinajstić information content (AvgIpc) is 3.15. The van der Waals surface area contributed by atoms with Crippen LogP contribution in [-0.4, -0.2) is 54.4 Å². The zero-order chi connectivity index (χ0) is 20.1. The van der Waals surface area contributed by atoms with Crippen molar-refractivity contribution in [3.05, 3.63) is 65.2 Å². The van der Waals surface area contributed by atoms with Crippen LogP contribution in [0.1, 0.15) is 34.3 Å². The van der Waals surface area contributed by atoms with Crippen molar-refractivity contribution in [3.8, 4) is 0 Å². The van der Waals surface area contributed by atoms with Crippen molar-refractivity contribution in [2.24, 2.45) is 0 Å². The van der Waals surface area contributed by atoms with Crippen LogP contribution >= 0.6 is 0 Å². The number of carbonyl (C=O) groups excluding carboxylic acids is 1. The second-order valence-electron chi connectivity index (χ2n) is 7.91. The summed E-state index contributed by atoms with van der Waals surface area (Å²) in [6.07, 6.45) is 1.35. The molecule has 3 N–H and O–H groups in total. The van der Waals surface area contributed by atoms with E-state index in [4.69, 9.17) is 4.74 Å². The van der Waals surface area contributed by atoms with E-state index in [-0.39, 0.29) is 12.5 Å². The van der Waals surface area contributed by atoms with Crippen molar-refractivity contribution < 1.29 is 14.6 Å². The summed E-state index contributed by atoms with van der Waals surface area (Å²) in [4.78, 5) is 14.7. The molecular weight excluding hydrogens is 366 g/mol. The van der Waals surface area contributed by atoms with Crippen LogP contribution in [0, 0.1) is 0 Å². The highest BCUT2D eigenvalue weighted by molar-refractivity contribution is 5.95. The van der Waals surface area contributed by atoms with Gasteiger partial charge in [-0.2, -0.15) is 0 Å². The van der Waals surface area contributed by atoms with Crippen LogP contribution in [-0.2, 0) is 17.8 Å². The summed E-state index contributed by atoms with van der Waals surface area (Å²) in [5.41, 5.74) is 4.18. The van der Waals surface area contributed by atoms with Crippen molar-refractivity contribution in [3.63, 3.8) is 0 Å². The molecule has 1 amide bonds. The number of ether oxygens (including phenoxy) is 1. The van der Waals surface area contributed by atoms with Crippen LogP contribution in [0.4, 0.5) is 5.69 Å². The van der Waals surface area contributed by atoms with Crippen molar-refractivity contribution in [2.75, 3.05) is 31.6 Å². The maximum Gasteiger partial charge on any atom is 0.251 e. The van der Waals surface area contributed by atoms with Crippen molar-refractivity contribution in [1.82, 2.24) is 10.2 Å². The van der Waals surface area contributed by atoms with E-state index in [9.17, 15) is 9.90 Å². The Bertz CT molecular complexity index is 811. The van der Waals surface area contributed by atoms with Crippen molar-refractivity contribution >= 4 is 11.6 Å². The molecule has 6 heteroatoms. The van der Waals surface area contributed by atoms with Crippen molar-refractivity contribution in [2.45, 2.75) is 38.1 Å². The first kappa shape index (κ1) is 19.9. The van der Waals surface area contributed by atoms with Crippen LogP contribution < -0.4 is 10.6 Å². The fourth-order valence-corrected chi connectivity index (χ4v) is 4.04. The molecule has 2 aliphatic heterocycles. The number of hydrogen-bond donors (Lipinski definition) is 3. The molecule has 2 heterocycles. The third kappa shape index (κ3) is 5.35. The molecule has 0 spiro atoms. The molecule has 1 atom stereocenters. The fourth-order valence-electron chi connectivity index (χ4n) is 4.04. The van der Waals surface area contributed by atoms with Gasteiger partial charge in [0.2, 0.25) is 0 Å². The summed E-state index contributed by atoms with van der Waals surface area (Å²) >= 11 is 0. The Labute approximate surface area is 171 Å². The fraction of sp³-hybridized carbons (Fsp3) is 0.435. The largest absolute Gasteiger partial charge is 0.390 e. The lowest BCUT2D eigenvalue weighted by Crippen LogP contribution is -2.38. The van der Waals surface area contributed by atoms with Gasteiger partial charge >= 0.3 is 0 Å². The number of amides is 1. The van der Waals surface area contributed by atoms with Gasteiger partial charge in [0.15, 0.2) is 0 Å². The van der Waals surface area contributed by atoms with Gasteiger partial charge in [0.05, 0.1) is 6.10 Å². The number of aliphatic hydroxyl groups excluding tert-OH is 1. The zero-order valence-electron chi connectivity index (χ0n) is 16.6. The standard InChI is InChI=1S/C23H29N3O3/c27-22(16-26-14-18-4-1-2-5-19(18)15-26)13-24-23(28)17-6-3-7-21(12-17)25-20-8-10-29-11-9-20/h1-7,12,20,22,25,27H,8-11,13-16H2,(H,24,28)/t22-/m1/s1. The summed E-state index contributed by atoms with van der Waals surface area (Å²) in [5, 5.41) is 16.7. The summed E-state index contributed by atoms with van der Waals surface area (Å²) in [7, 11) is 0. The summed E-state index contributed by atoms with van der Waals surface area (Å²) in [5.74, 6) is -0.163. The van der Waals surface area contributed by atoms with Gasteiger partial charge in [0, 0.05) is 56.7 Å². The molecule has 0 aromatic heterocycles. The highest BCUT2D eigenvalue weighted by Crippen LogP contribution is 2.22. The highest BCUT2D eigenvalue weighted by Gasteiger charge is 2.21. The van der Waals surface area contributed by atoms with Gasteiger partial charge in [0.25, 0.3) is 5.91 Å². The molecule has 1 saturated heterocycles. The molecule has 0 saturated carbocycles. The number of rotatable bonds is 7. The van der Waals surface area contributed by atoms with Crippen LogP contribution in [0.5, 0.6) is 0 Å². The van der Waals surface area contributed by atoms with Gasteiger partial charge in [-0.1, -0.05) is 30.3 Å². The Balaban J connectivity index is 1.24. The third-order valence-electron chi connectivity index (χ3n) is 5.59. The summed E-state index contributed by atoms with van der Waals surface area (Å²) in [6, 6.07) is 16.3. The Kier molecular flexibility index (Phi) is 6.44. The van der Waals surface area contributed by atoms with E-state index >= 15 is 0 Å². The molecule has 0 bridgehead atoms. The maximum atomic E-state index is 12.5. The number of hydrogen-bond acceptors (Lipinski definition) is 5. The number of fused-ring (bicyclic) bond motifs is 1. The monoisotopic (exact) mass is 395 g/mol. The van der Waals surface area contributed by atoms with Gasteiger partial charge in [-0.15, -0.1) is 0 Å². The Hall–Kier alpha value is -2.41. The predicted molar refractivity (Wildman–Crippen MR) is 113 cm³/mol. The van der Waals surface area contributed by atoms with E-state index < -0.39 is 6.10 Å². The number of carbonyl (C=O) groups is 1. The second kappa shape index (κ2) is 9.39. The molecule has 6 nitrogen and oxygen atoms in total. The number of nitrogens with one attached hydrogen (secondary N) is 2. The van der Waals surface area contributed by atoms with Gasteiger partial charge in [-0.25, -0.2) is 0 Å². The van der Waals surface area contributed by atoms with E-state index in [1.54, 1.807) is 6.07 Å². The first-order valence-electron chi connectivity index (χ1n) is 10.4. The Morgan fingerprint density at radius 2 is 1.83 bits per heavy atom. The zero-order valence-corrected chi connectivity index (χ0v) is 16.6. The molecule has 29 heavy (non-hydrogen) atoms. The molecule has 2 aromatic rings. The summed E-state index contributed by atoms with van der Waals surface area (Å²) < 4.78 is 5.39. The lowest BCUT2D eigenvalue weighted by molar-refractivity contribution is 0.0855. The molecule has 1 fully saturated rings.